The summed E-state index contributed by atoms with van der Waals surface area (Å²) >= 11 is 0. The number of para-hydroxylation sites is 1. The highest BCUT2D eigenvalue weighted by Gasteiger charge is 2.43. The molecule has 0 bridgehead atoms. The first kappa shape index (κ1) is 28.0. The highest BCUT2D eigenvalue weighted by molar-refractivity contribution is 5.96. The molecule has 8 nitrogen and oxygen atoms in total. The van der Waals surface area contributed by atoms with Gasteiger partial charge in [-0.05, 0) is 55.7 Å². The van der Waals surface area contributed by atoms with E-state index in [1.165, 1.54) is 6.92 Å². The number of fused-ring (bicyclic) bond motifs is 1. The van der Waals surface area contributed by atoms with E-state index in [1.807, 2.05) is 19.1 Å². The van der Waals surface area contributed by atoms with Crippen molar-refractivity contribution in [2.75, 3.05) is 0 Å². The fourth-order valence-corrected chi connectivity index (χ4v) is 5.94. The first-order chi connectivity index (χ1) is 18.2. The van der Waals surface area contributed by atoms with E-state index in [2.05, 4.69) is 13.0 Å². The second-order valence-electron chi connectivity index (χ2n) is 10.7. The Morgan fingerprint density at radius 3 is 2.63 bits per heavy atom. The van der Waals surface area contributed by atoms with Gasteiger partial charge in [-0.2, -0.15) is 0 Å². The summed E-state index contributed by atoms with van der Waals surface area (Å²) in [6.07, 6.45) is 5.07. The summed E-state index contributed by atoms with van der Waals surface area (Å²) in [7, 11) is 0. The topological polar surface area (TPSA) is 119 Å². The number of hydrogen-bond acceptors (Lipinski definition) is 8. The predicted octanol–water partition coefficient (Wildman–Crippen LogP) is 3.93. The maximum Gasteiger partial charge on any atom is 0.347 e. The lowest BCUT2D eigenvalue weighted by molar-refractivity contribution is -0.165. The largest absolute Gasteiger partial charge is 0.478 e. The van der Waals surface area contributed by atoms with E-state index in [9.17, 15) is 24.6 Å². The third-order valence-corrected chi connectivity index (χ3v) is 7.87. The van der Waals surface area contributed by atoms with Gasteiger partial charge in [-0.15, -0.1) is 0 Å². The van der Waals surface area contributed by atoms with Gasteiger partial charge >= 0.3 is 11.9 Å². The summed E-state index contributed by atoms with van der Waals surface area (Å²) in [4.78, 5) is 37.2. The Hall–Kier alpha value is -2.97. The van der Waals surface area contributed by atoms with Gasteiger partial charge < -0.3 is 24.4 Å². The molecule has 1 aromatic rings. The number of esters is 2. The van der Waals surface area contributed by atoms with Gasteiger partial charge in [0.1, 0.15) is 18.0 Å². The van der Waals surface area contributed by atoms with Crippen LogP contribution in [0.1, 0.15) is 69.7 Å². The Kier molecular flexibility index (Phi) is 9.05. The minimum Gasteiger partial charge on any atom is -0.478 e. The van der Waals surface area contributed by atoms with Crippen molar-refractivity contribution in [3.8, 4) is 5.75 Å². The second kappa shape index (κ2) is 12.3. The minimum absolute atomic E-state index is 0.0298. The van der Waals surface area contributed by atoms with E-state index in [0.29, 0.717) is 37.0 Å². The predicted molar refractivity (Wildman–Crippen MR) is 139 cm³/mol. The first-order valence-corrected chi connectivity index (χ1v) is 13.6. The Morgan fingerprint density at radius 2 is 1.92 bits per heavy atom. The summed E-state index contributed by atoms with van der Waals surface area (Å²) in [6, 6.07) is 6.81. The molecule has 5 unspecified atom stereocenters. The molecule has 1 fully saturated rings. The van der Waals surface area contributed by atoms with Crippen LogP contribution in [0.5, 0.6) is 5.75 Å². The van der Waals surface area contributed by atoms with Crippen LogP contribution in [0.25, 0.3) is 0 Å². The molecule has 1 aliphatic heterocycles. The SMILES string of the molecule is CC[C@H](Oc1ccccc1C(C)=O)C(=O)OC1CC(O)C=C2C=CC(C)C(CC[C@@H]3C[C@@H](O)CC(=O)O3)C21. The van der Waals surface area contributed by atoms with Crippen molar-refractivity contribution in [2.24, 2.45) is 17.8 Å². The molecular weight excluding hydrogens is 488 g/mol. The number of hydrogen-bond donors (Lipinski definition) is 2. The zero-order valence-corrected chi connectivity index (χ0v) is 22.2. The van der Waals surface area contributed by atoms with Crippen LogP contribution in [-0.2, 0) is 19.1 Å². The Morgan fingerprint density at radius 1 is 1.16 bits per heavy atom. The zero-order valence-electron chi connectivity index (χ0n) is 22.2. The summed E-state index contributed by atoms with van der Waals surface area (Å²) in [6.45, 7) is 5.38. The molecule has 3 aliphatic rings. The summed E-state index contributed by atoms with van der Waals surface area (Å²) < 4.78 is 17.5. The molecule has 1 saturated heterocycles. The number of carbonyl (C=O) groups is 3. The van der Waals surface area contributed by atoms with Gasteiger partial charge in [-0.25, -0.2) is 4.79 Å². The van der Waals surface area contributed by atoms with Crippen LogP contribution >= 0.6 is 0 Å². The molecule has 0 spiro atoms. The monoisotopic (exact) mass is 526 g/mol. The van der Waals surface area contributed by atoms with Gasteiger partial charge in [0.2, 0.25) is 0 Å². The molecule has 2 N–H and O–H groups in total. The summed E-state index contributed by atoms with van der Waals surface area (Å²) in [5, 5.41) is 20.5. The van der Waals surface area contributed by atoms with E-state index in [1.54, 1.807) is 24.3 Å². The zero-order chi connectivity index (χ0) is 27.4. The molecule has 1 aromatic carbocycles. The maximum absolute atomic E-state index is 13.3. The van der Waals surface area contributed by atoms with E-state index in [0.717, 1.165) is 5.57 Å². The van der Waals surface area contributed by atoms with Gasteiger partial charge in [0.15, 0.2) is 11.9 Å². The van der Waals surface area contributed by atoms with Crippen molar-refractivity contribution in [2.45, 2.75) is 89.8 Å². The van der Waals surface area contributed by atoms with Crippen LogP contribution in [0.4, 0.5) is 0 Å². The molecule has 8 heteroatoms. The molecule has 0 radical (unpaired) electrons. The lowest BCUT2D eigenvalue weighted by Gasteiger charge is -2.43. The minimum atomic E-state index is -0.903. The lowest BCUT2D eigenvalue weighted by atomic mass is 9.66. The molecule has 1 heterocycles. The van der Waals surface area contributed by atoms with Gasteiger partial charge in [-0.3, -0.25) is 9.59 Å². The number of aliphatic hydroxyl groups is 2. The average molecular weight is 527 g/mol. The second-order valence-corrected chi connectivity index (χ2v) is 10.7. The van der Waals surface area contributed by atoms with Crippen LogP contribution in [-0.4, -0.2) is 58.5 Å². The third-order valence-electron chi connectivity index (χ3n) is 7.87. The van der Waals surface area contributed by atoms with E-state index in [-0.39, 0.29) is 48.5 Å². The molecule has 0 saturated carbocycles. The lowest BCUT2D eigenvalue weighted by Crippen LogP contribution is -2.44. The standard InChI is InChI=1S/C30H38O8/c1-4-25(37-26-8-6-5-7-24(26)18(3)31)30(35)38-27-15-20(32)13-19-10-9-17(2)23(29(19)27)12-11-22-14-21(33)16-28(34)36-22/h5-10,13,17,20-23,25,27,29,32-33H,4,11-12,14-16H2,1-3H3/t17?,20?,21-,22-,23?,25+,27?,29?/m1/s1. The molecule has 4 rings (SSSR count). The van der Waals surface area contributed by atoms with Gasteiger partial charge in [0.25, 0.3) is 0 Å². The number of ketones is 1. The Bertz CT molecular complexity index is 1090. The molecule has 8 atom stereocenters. The number of aliphatic hydroxyl groups excluding tert-OH is 2. The molecule has 2 aliphatic carbocycles. The Labute approximate surface area is 223 Å². The van der Waals surface area contributed by atoms with Gasteiger partial charge in [-0.1, -0.05) is 44.2 Å². The fourth-order valence-electron chi connectivity index (χ4n) is 5.94. The molecule has 0 aromatic heterocycles. The fraction of sp³-hybridized carbons (Fsp3) is 0.567. The smallest absolute Gasteiger partial charge is 0.347 e. The van der Waals surface area contributed by atoms with E-state index in [4.69, 9.17) is 14.2 Å². The highest BCUT2D eigenvalue weighted by Crippen LogP contribution is 2.44. The van der Waals surface area contributed by atoms with Crippen LogP contribution in [0.3, 0.4) is 0 Å². The maximum atomic E-state index is 13.3. The van der Waals surface area contributed by atoms with Crippen LogP contribution < -0.4 is 4.74 Å². The number of cyclic esters (lactones) is 1. The molecule has 206 valence electrons. The normalized spacial score (nSPS) is 31.4. The number of benzene rings is 1. The van der Waals surface area contributed by atoms with Crippen LogP contribution in [0, 0.1) is 17.8 Å². The number of ether oxygens (including phenoxy) is 3. The summed E-state index contributed by atoms with van der Waals surface area (Å²) in [5.74, 6) is -0.591. The highest BCUT2D eigenvalue weighted by atomic mass is 16.6. The number of Topliss-reactive ketones (excluding diaryl/α,β-unsaturated/α-hetero) is 1. The van der Waals surface area contributed by atoms with E-state index >= 15 is 0 Å². The van der Waals surface area contributed by atoms with Crippen molar-refractivity contribution in [1.29, 1.82) is 0 Å². The van der Waals surface area contributed by atoms with Crippen molar-refractivity contribution in [1.82, 2.24) is 0 Å². The number of allylic oxidation sites excluding steroid dienone is 2. The van der Waals surface area contributed by atoms with Crippen molar-refractivity contribution >= 4 is 17.7 Å². The number of carbonyl (C=O) groups excluding carboxylic acids is 3. The van der Waals surface area contributed by atoms with Crippen molar-refractivity contribution < 1.29 is 38.8 Å². The first-order valence-electron chi connectivity index (χ1n) is 13.6. The van der Waals surface area contributed by atoms with E-state index < -0.39 is 30.4 Å². The summed E-state index contributed by atoms with van der Waals surface area (Å²) in [5.41, 5.74) is 1.33. The Balaban J connectivity index is 1.49. The van der Waals surface area contributed by atoms with Gasteiger partial charge in [0.05, 0.1) is 24.2 Å². The molecular formula is C30H38O8. The average Bonchev–Trinajstić information content (AvgIpc) is 2.86. The van der Waals surface area contributed by atoms with Gasteiger partial charge in [0, 0.05) is 18.8 Å². The third kappa shape index (κ3) is 6.53. The molecule has 0 amide bonds. The van der Waals surface area contributed by atoms with Crippen LogP contribution in [0.15, 0.2) is 48.1 Å². The van der Waals surface area contributed by atoms with Crippen molar-refractivity contribution in [3.63, 3.8) is 0 Å². The van der Waals surface area contributed by atoms with Crippen LogP contribution in [0.2, 0.25) is 0 Å². The quantitative estimate of drug-likeness (QED) is 0.367. The number of rotatable bonds is 9. The van der Waals surface area contributed by atoms with Crippen molar-refractivity contribution in [3.05, 3.63) is 53.6 Å². The molecule has 38 heavy (non-hydrogen) atoms.